The van der Waals surface area contributed by atoms with Gasteiger partial charge in [0.1, 0.15) is 6.33 Å². The SMILES string of the molecule is C=CCN(CCCC)C(=O)n1cnc(S(=O)CC)n1. The summed E-state index contributed by atoms with van der Waals surface area (Å²) in [6.07, 6.45) is 4.91. The first-order chi connectivity index (χ1) is 9.13. The van der Waals surface area contributed by atoms with Crippen molar-refractivity contribution in [1.29, 1.82) is 0 Å². The number of aromatic nitrogens is 3. The van der Waals surface area contributed by atoms with Crippen molar-refractivity contribution < 1.29 is 9.00 Å². The Morgan fingerprint density at radius 1 is 1.58 bits per heavy atom. The molecule has 1 amide bonds. The van der Waals surface area contributed by atoms with E-state index in [0.29, 0.717) is 18.8 Å². The molecular formula is C12H20N4O2S. The van der Waals surface area contributed by atoms with Crippen molar-refractivity contribution in [3.8, 4) is 0 Å². The van der Waals surface area contributed by atoms with E-state index >= 15 is 0 Å². The molecule has 0 N–H and O–H groups in total. The van der Waals surface area contributed by atoms with Crippen LogP contribution in [0.25, 0.3) is 0 Å². The topological polar surface area (TPSA) is 68.1 Å². The quantitative estimate of drug-likeness (QED) is 0.714. The second-order valence-electron chi connectivity index (χ2n) is 3.98. The van der Waals surface area contributed by atoms with Crippen LogP contribution in [0.5, 0.6) is 0 Å². The van der Waals surface area contributed by atoms with Gasteiger partial charge in [-0.25, -0.2) is 9.78 Å². The smallest absolute Gasteiger partial charge is 0.319 e. The lowest BCUT2D eigenvalue weighted by molar-refractivity contribution is 0.200. The average Bonchev–Trinajstić information content (AvgIpc) is 2.91. The third kappa shape index (κ3) is 4.27. The Labute approximate surface area is 116 Å². The monoisotopic (exact) mass is 284 g/mol. The van der Waals surface area contributed by atoms with Gasteiger partial charge in [0.05, 0.1) is 10.8 Å². The second-order valence-corrected chi connectivity index (χ2v) is 5.61. The van der Waals surface area contributed by atoms with Crippen molar-refractivity contribution in [2.75, 3.05) is 18.8 Å². The van der Waals surface area contributed by atoms with E-state index in [1.165, 1.54) is 6.33 Å². The number of unbranched alkanes of at least 4 members (excludes halogenated alkanes) is 1. The standard InChI is InChI=1S/C12H20N4O2S/c1-4-7-9-15(8-5-2)12(17)16-10-13-11(14-16)19(18)6-3/h5,10H,2,4,6-9H2,1,3H3. The minimum atomic E-state index is -1.24. The molecule has 1 aromatic rings. The largest absolute Gasteiger partial charge is 0.346 e. The maximum atomic E-state index is 12.2. The van der Waals surface area contributed by atoms with Crippen LogP contribution in [0.2, 0.25) is 0 Å². The van der Waals surface area contributed by atoms with Crippen molar-refractivity contribution in [3.05, 3.63) is 19.0 Å². The molecule has 0 saturated heterocycles. The van der Waals surface area contributed by atoms with Crippen LogP contribution < -0.4 is 0 Å². The second kappa shape index (κ2) is 7.83. The molecule has 19 heavy (non-hydrogen) atoms. The molecule has 1 rings (SSSR count). The molecule has 106 valence electrons. The summed E-state index contributed by atoms with van der Waals surface area (Å²) in [4.78, 5) is 17.8. The van der Waals surface area contributed by atoms with Crippen molar-refractivity contribution >= 4 is 16.8 Å². The molecule has 1 heterocycles. The number of carbonyl (C=O) groups excluding carboxylic acids is 1. The minimum Gasteiger partial charge on any atom is -0.319 e. The predicted molar refractivity (Wildman–Crippen MR) is 74.4 cm³/mol. The summed E-state index contributed by atoms with van der Waals surface area (Å²) in [5.41, 5.74) is 0. The van der Waals surface area contributed by atoms with E-state index in [0.717, 1.165) is 17.5 Å². The molecule has 1 unspecified atom stereocenters. The first-order valence-corrected chi connectivity index (χ1v) is 7.66. The molecule has 1 aromatic heterocycles. The van der Waals surface area contributed by atoms with Gasteiger partial charge in [0, 0.05) is 18.8 Å². The summed E-state index contributed by atoms with van der Waals surface area (Å²) in [6, 6.07) is -0.264. The molecule has 0 aliphatic carbocycles. The fourth-order valence-corrected chi connectivity index (χ4v) is 2.09. The molecule has 0 radical (unpaired) electrons. The van der Waals surface area contributed by atoms with Gasteiger partial charge in [-0.1, -0.05) is 26.3 Å². The van der Waals surface area contributed by atoms with Crippen LogP contribution in [0.1, 0.15) is 26.7 Å². The molecule has 6 nitrogen and oxygen atoms in total. The van der Waals surface area contributed by atoms with E-state index < -0.39 is 10.8 Å². The number of carbonyl (C=O) groups is 1. The highest BCUT2D eigenvalue weighted by molar-refractivity contribution is 7.84. The number of hydrogen-bond acceptors (Lipinski definition) is 4. The maximum Gasteiger partial charge on any atom is 0.346 e. The number of amides is 1. The molecule has 7 heteroatoms. The Hall–Kier alpha value is -1.50. The Morgan fingerprint density at radius 3 is 2.89 bits per heavy atom. The van der Waals surface area contributed by atoms with Gasteiger partial charge in [-0.2, -0.15) is 4.68 Å². The molecule has 0 saturated carbocycles. The van der Waals surface area contributed by atoms with E-state index in [1.54, 1.807) is 17.9 Å². The van der Waals surface area contributed by atoms with Crippen LogP contribution in [0.15, 0.2) is 24.1 Å². The van der Waals surface area contributed by atoms with E-state index in [-0.39, 0.29) is 11.2 Å². The van der Waals surface area contributed by atoms with Gasteiger partial charge >= 0.3 is 6.03 Å². The molecule has 0 fully saturated rings. The van der Waals surface area contributed by atoms with Crippen molar-refractivity contribution in [2.24, 2.45) is 0 Å². The summed E-state index contributed by atoms with van der Waals surface area (Å²) in [5.74, 6) is 0.435. The van der Waals surface area contributed by atoms with Crippen molar-refractivity contribution in [1.82, 2.24) is 19.7 Å². The summed E-state index contributed by atoms with van der Waals surface area (Å²) < 4.78 is 12.7. The summed E-state index contributed by atoms with van der Waals surface area (Å²) >= 11 is 0. The fraction of sp³-hybridized carbons (Fsp3) is 0.583. The lowest BCUT2D eigenvalue weighted by Crippen LogP contribution is -2.36. The molecule has 0 aliphatic rings. The summed E-state index contributed by atoms with van der Waals surface area (Å²) in [7, 11) is -1.24. The molecular weight excluding hydrogens is 264 g/mol. The van der Waals surface area contributed by atoms with Gasteiger partial charge in [0.2, 0.25) is 5.16 Å². The highest BCUT2D eigenvalue weighted by Crippen LogP contribution is 2.02. The van der Waals surface area contributed by atoms with Crippen LogP contribution >= 0.6 is 0 Å². The zero-order valence-electron chi connectivity index (χ0n) is 11.4. The van der Waals surface area contributed by atoms with E-state index in [1.807, 2.05) is 0 Å². The number of rotatable bonds is 7. The Kier molecular flexibility index (Phi) is 6.41. The number of nitrogens with zero attached hydrogens (tertiary/aromatic N) is 4. The van der Waals surface area contributed by atoms with E-state index in [9.17, 15) is 9.00 Å². The normalized spacial score (nSPS) is 12.1. The van der Waals surface area contributed by atoms with Crippen LogP contribution in [0.3, 0.4) is 0 Å². The maximum absolute atomic E-state index is 12.2. The third-order valence-electron chi connectivity index (χ3n) is 2.53. The highest BCUT2D eigenvalue weighted by Gasteiger charge is 2.17. The minimum absolute atomic E-state index is 0.199. The fourth-order valence-electron chi connectivity index (χ4n) is 1.49. The molecule has 0 spiro atoms. The van der Waals surface area contributed by atoms with Gasteiger partial charge in [-0.15, -0.1) is 11.7 Å². The van der Waals surface area contributed by atoms with Crippen molar-refractivity contribution in [3.63, 3.8) is 0 Å². The summed E-state index contributed by atoms with van der Waals surface area (Å²) in [6.45, 7) is 8.60. The molecule has 0 aliphatic heterocycles. The van der Waals surface area contributed by atoms with Gasteiger partial charge in [-0.05, 0) is 6.42 Å². The number of hydrogen-bond donors (Lipinski definition) is 0. The molecule has 0 aromatic carbocycles. The van der Waals surface area contributed by atoms with Gasteiger partial charge in [-0.3, -0.25) is 4.21 Å². The lowest BCUT2D eigenvalue weighted by atomic mass is 10.3. The van der Waals surface area contributed by atoms with Gasteiger partial charge < -0.3 is 4.90 Å². The van der Waals surface area contributed by atoms with Crippen LogP contribution in [-0.4, -0.2) is 48.7 Å². The Balaban J connectivity index is 2.80. The first kappa shape index (κ1) is 15.6. The van der Waals surface area contributed by atoms with Crippen molar-refractivity contribution in [2.45, 2.75) is 31.8 Å². The Morgan fingerprint density at radius 2 is 2.32 bits per heavy atom. The zero-order chi connectivity index (χ0) is 14.3. The Bertz CT molecular complexity index is 458. The van der Waals surface area contributed by atoms with Crippen LogP contribution in [0, 0.1) is 0 Å². The highest BCUT2D eigenvalue weighted by atomic mass is 32.2. The van der Waals surface area contributed by atoms with Crippen LogP contribution in [0.4, 0.5) is 4.79 Å². The third-order valence-corrected chi connectivity index (χ3v) is 3.65. The van der Waals surface area contributed by atoms with Crippen LogP contribution in [-0.2, 0) is 10.8 Å². The first-order valence-electron chi connectivity index (χ1n) is 6.34. The zero-order valence-corrected chi connectivity index (χ0v) is 12.2. The summed E-state index contributed by atoms with van der Waals surface area (Å²) in [5, 5.41) is 4.17. The lowest BCUT2D eigenvalue weighted by Gasteiger charge is -2.19. The van der Waals surface area contributed by atoms with E-state index in [4.69, 9.17) is 0 Å². The molecule has 0 bridgehead atoms. The molecule has 1 atom stereocenters. The van der Waals surface area contributed by atoms with Gasteiger partial charge in [0.25, 0.3) is 0 Å². The predicted octanol–water partition coefficient (Wildman–Crippen LogP) is 1.66. The van der Waals surface area contributed by atoms with E-state index in [2.05, 4.69) is 23.6 Å². The van der Waals surface area contributed by atoms with Gasteiger partial charge in [0.15, 0.2) is 0 Å². The average molecular weight is 284 g/mol.